The first-order valence-electron chi connectivity index (χ1n) is 12.8. The first-order chi connectivity index (χ1) is 15.6. The molecule has 0 bridgehead atoms. The summed E-state index contributed by atoms with van der Waals surface area (Å²) in [6.07, 6.45) is 12.4. The molecule has 0 aromatic heterocycles. The summed E-state index contributed by atoms with van der Waals surface area (Å²) in [6, 6.07) is 6.92. The number of hydrogen-bond donors (Lipinski definition) is 0. The number of likely N-dealkylation sites (tertiary alicyclic amines) is 1. The number of benzene rings is 1. The number of aryl methyl sites for hydroxylation is 1. The van der Waals surface area contributed by atoms with Crippen LogP contribution in [0.5, 0.6) is 0 Å². The van der Waals surface area contributed by atoms with Crippen molar-refractivity contribution >= 4 is 5.70 Å². The van der Waals surface area contributed by atoms with Crippen molar-refractivity contribution in [2.75, 3.05) is 13.1 Å². The average Bonchev–Trinajstić information content (AvgIpc) is 2.74. The fraction of sp³-hybridized carbons (Fsp3) is 0.548. The highest BCUT2D eigenvalue weighted by Crippen LogP contribution is 2.48. The van der Waals surface area contributed by atoms with Crippen LogP contribution in [-0.2, 0) is 11.2 Å². The summed E-state index contributed by atoms with van der Waals surface area (Å²) in [6.45, 7) is 23.9. The summed E-state index contributed by atoms with van der Waals surface area (Å²) >= 11 is 0. The zero-order valence-electron chi connectivity index (χ0n) is 21.9. The highest BCUT2D eigenvalue weighted by atomic mass is 16.5. The molecule has 1 aliphatic heterocycles. The second-order valence-electron chi connectivity index (χ2n) is 11.1. The van der Waals surface area contributed by atoms with Gasteiger partial charge in [0.05, 0.1) is 12.2 Å². The Labute approximate surface area is 203 Å². The molecule has 1 unspecified atom stereocenters. The minimum atomic E-state index is 0.181. The van der Waals surface area contributed by atoms with Gasteiger partial charge in [-0.3, -0.25) is 0 Å². The fourth-order valence-corrected chi connectivity index (χ4v) is 5.74. The summed E-state index contributed by atoms with van der Waals surface area (Å²) < 4.78 is 6.42. The van der Waals surface area contributed by atoms with Crippen LogP contribution in [0.2, 0.25) is 0 Å². The monoisotopic (exact) mass is 447 g/mol. The summed E-state index contributed by atoms with van der Waals surface area (Å²) in [5.74, 6) is 0.681. The number of ether oxygens (including phenoxy) is 1. The third-order valence-electron chi connectivity index (χ3n) is 7.46. The lowest BCUT2D eigenvalue weighted by molar-refractivity contribution is -0.0194. The molecule has 3 rings (SSSR count). The van der Waals surface area contributed by atoms with Crippen LogP contribution in [0.4, 0.5) is 0 Å². The van der Waals surface area contributed by atoms with Gasteiger partial charge in [-0.05, 0) is 99.5 Å². The summed E-state index contributed by atoms with van der Waals surface area (Å²) in [5.41, 5.74) is 8.47. The highest BCUT2D eigenvalue weighted by Gasteiger charge is 2.41. The number of hydrogen-bond acceptors (Lipinski definition) is 2. The minimum absolute atomic E-state index is 0.181. The number of rotatable bonds is 8. The van der Waals surface area contributed by atoms with Gasteiger partial charge in [-0.1, -0.05) is 62.9 Å². The maximum absolute atomic E-state index is 6.42. The van der Waals surface area contributed by atoms with Gasteiger partial charge in [0.15, 0.2) is 0 Å². The topological polar surface area (TPSA) is 12.5 Å². The van der Waals surface area contributed by atoms with Gasteiger partial charge in [0, 0.05) is 18.8 Å². The van der Waals surface area contributed by atoms with E-state index < -0.39 is 0 Å². The molecule has 1 atom stereocenters. The van der Waals surface area contributed by atoms with E-state index in [1.807, 2.05) is 6.08 Å². The third kappa shape index (κ3) is 6.29. The number of nitrogens with zero attached hydrogens (tertiary/aromatic N) is 1. The van der Waals surface area contributed by atoms with E-state index >= 15 is 0 Å². The van der Waals surface area contributed by atoms with Crippen molar-refractivity contribution in [3.8, 4) is 0 Å². The maximum Gasteiger partial charge on any atom is 0.0833 e. The number of allylic oxidation sites excluding steroid dienone is 3. The Kier molecular flexibility index (Phi) is 8.45. The molecule has 2 aliphatic rings. The molecule has 1 aliphatic carbocycles. The Morgan fingerprint density at radius 1 is 1.18 bits per heavy atom. The van der Waals surface area contributed by atoms with Crippen LogP contribution in [0, 0.1) is 18.3 Å². The molecule has 1 fully saturated rings. The van der Waals surface area contributed by atoms with Gasteiger partial charge >= 0.3 is 0 Å². The lowest BCUT2D eigenvalue weighted by atomic mass is 9.65. The van der Waals surface area contributed by atoms with E-state index in [4.69, 9.17) is 4.74 Å². The average molecular weight is 448 g/mol. The van der Waals surface area contributed by atoms with Crippen LogP contribution >= 0.6 is 0 Å². The molecule has 1 saturated heterocycles. The normalized spacial score (nSPS) is 21.0. The number of piperidine rings is 1. The molecule has 2 nitrogen and oxygen atoms in total. The third-order valence-corrected chi connectivity index (χ3v) is 7.46. The Hall–Kier alpha value is -2.06. The van der Waals surface area contributed by atoms with Crippen LogP contribution in [0.1, 0.15) is 77.0 Å². The van der Waals surface area contributed by atoms with Crippen LogP contribution in [0.25, 0.3) is 5.70 Å². The van der Waals surface area contributed by atoms with Gasteiger partial charge in [-0.15, -0.1) is 0 Å². The zero-order chi connectivity index (χ0) is 24.2. The molecule has 1 aromatic rings. The molecule has 1 aromatic carbocycles. The van der Waals surface area contributed by atoms with Crippen molar-refractivity contribution in [2.24, 2.45) is 11.3 Å². The molecule has 0 N–H and O–H groups in total. The minimum Gasteiger partial charge on any atom is -0.371 e. The molecular formula is C31H45NO. The molecule has 1 spiro atoms. The molecule has 33 heavy (non-hydrogen) atoms. The van der Waals surface area contributed by atoms with E-state index in [0.29, 0.717) is 11.3 Å². The quantitative estimate of drug-likeness (QED) is 0.376. The highest BCUT2D eigenvalue weighted by molar-refractivity contribution is 5.63. The van der Waals surface area contributed by atoms with Gasteiger partial charge in [0.2, 0.25) is 0 Å². The predicted octanol–water partition coefficient (Wildman–Crippen LogP) is 7.89. The SMILES string of the molecule is C=C/C=C\C1=C(C)CC2(CCN(C(=C)c3ccc(CC(C)C)c(C)c3)CC2)CC1OC(C)C. The lowest BCUT2D eigenvalue weighted by Crippen LogP contribution is -2.44. The van der Waals surface area contributed by atoms with E-state index in [9.17, 15) is 0 Å². The zero-order valence-corrected chi connectivity index (χ0v) is 21.9. The van der Waals surface area contributed by atoms with Crippen molar-refractivity contribution in [2.45, 2.75) is 85.9 Å². The van der Waals surface area contributed by atoms with Crippen molar-refractivity contribution in [3.63, 3.8) is 0 Å². The van der Waals surface area contributed by atoms with E-state index in [1.54, 1.807) is 0 Å². The van der Waals surface area contributed by atoms with Crippen molar-refractivity contribution < 1.29 is 4.74 Å². The standard InChI is InChI=1S/C31H45NO/c1-9-10-11-29-25(7)20-31(21-30(29)33-23(4)5)14-16-32(17-15-31)26(8)28-13-12-27(18-22(2)3)24(6)19-28/h9-13,19,22-23,30H,1,8,14-18,20-21H2,2-7H3/b11-10-. The predicted molar refractivity (Wildman–Crippen MR) is 143 cm³/mol. The lowest BCUT2D eigenvalue weighted by Gasteiger charge is -2.48. The van der Waals surface area contributed by atoms with Crippen LogP contribution in [-0.4, -0.2) is 30.2 Å². The second kappa shape index (κ2) is 10.9. The van der Waals surface area contributed by atoms with Crippen molar-refractivity contribution in [3.05, 3.63) is 77.4 Å². The van der Waals surface area contributed by atoms with Gasteiger partial charge < -0.3 is 9.64 Å². The summed E-state index contributed by atoms with van der Waals surface area (Å²) in [7, 11) is 0. The molecule has 1 heterocycles. The molecular weight excluding hydrogens is 402 g/mol. The van der Waals surface area contributed by atoms with E-state index in [-0.39, 0.29) is 12.2 Å². The van der Waals surface area contributed by atoms with Crippen LogP contribution in [0.15, 0.2) is 60.7 Å². The largest absolute Gasteiger partial charge is 0.371 e. The molecule has 0 saturated carbocycles. The molecule has 0 amide bonds. The Morgan fingerprint density at radius 2 is 1.88 bits per heavy atom. The van der Waals surface area contributed by atoms with Crippen molar-refractivity contribution in [1.82, 2.24) is 4.90 Å². The van der Waals surface area contributed by atoms with Gasteiger partial charge in [-0.25, -0.2) is 0 Å². The molecule has 0 radical (unpaired) electrons. The summed E-state index contributed by atoms with van der Waals surface area (Å²) in [4.78, 5) is 2.51. The maximum atomic E-state index is 6.42. The van der Waals surface area contributed by atoms with E-state index in [1.165, 1.54) is 52.8 Å². The first-order valence-corrected chi connectivity index (χ1v) is 12.8. The Balaban J connectivity index is 1.71. The van der Waals surface area contributed by atoms with Gasteiger partial charge in [0.1, 0.15) is 0 Å². The van der Waals surface area contributed by atoms with Crippen LogP contribution < -0.4 is 0 Å². The molecule has 2 heteroatoms. The van der Waals surface area contributed by atoms with Crippen LogP contribution in [0.3, 0.4) is 0 Å². The summed E-state index contributed by atoms with van der Waals surface area (Å²) in [5, 5.41) is 0. The van der Waals surface area contributed by atoms with Gasteiger partial charge in [0.25, 0.3) is 0 Å². The fourth-order valence-electron chi connectivity index (χ4n) is 5.74. The first kappa shape index (κ1) is 25.6. The smallest absolute Gasteiger partial charge is 0.0833 e. The van der Waals surface area contributed by atoms with Gasteiger partial charge in [-0.2, -0.15) is 0 Å². The molecule has 180 valence electrons. The van der Waals surface area contributed by atoms with E-state index in [0.717, 1.165) is 25.9 Å². The van der Waals surface area contributed by atoms with E-state index in [2.05, 4.69) is 90.0 Å². The second-order valence-corrected chi connectivity index (χ2v) is 11.1. The van der Waals surface area contributed by atoms with Crippen molar-refractivity contribution in [1.29, 1.82) is 0 Å². The Morgan fingerprint density at radius 3 is 2.45 bits per heavy atom. The Bertz CT molecular complexity index is 909.